The normalized spacial score (nSPS) is 16.1. The first kappa shape index (κ1) is 22.3. The van der Waals surface area contributed by atoms with Crippen molar-refractivity contribution in [2.45, 2.75) is 52.3 Å². The molecule has 5 heteroatoms. The molecule has 1 fully saturated rings. The molecule has 1 aliphatic rings. The van der Waals surface area contributed by atoms with Crippen LogP contribution < -0.4 is 10.1 Å². The van der Waals surface area contributed by atoms with Gasteiger partial charge in [-0.15, -0.1) is 0 Å². The van der Waals surface area contributed by atoms with E-state index >= 15 is 0 Å². The molecule has 2 aromatic carbocycles. The molecule has 30 heavy (non-hydrogen) atoms. The number of ether oxygens (including phenoxy) is 2. The first-order chi connectivity index (χ1) is 14.3. The van der Waals surface area contributed by atoms with Crippen molar-refractivity contribution in [1.82, 2.24) is 10.2 Å². The van der Waals surface area contributed by atoms with Gasteiger partial charge in [-0.05, 0) is 41.2 Å². The van der Waals surface area contributed by atoms with Crippen LogP contribution in [0.15, 0.2) is 48.5 Å². The maximum atomic E-state index is 12.5. The molecule has 1 unspecified atom stereocenters. The number of benzene rings is 2. The molecule has 3 rings (SSSR count). The Bertz CT molecular complexity index is 821. The third-order valence-electron chi connectivity index (χ3n) is 5.37. The molecule has 0 radical (unpaired) electrons. The van der Waals surface area contributed by atoms with Gasteiger partial charge in [-0.25, -0.2) is 0 Å². The Morgan fingerprint density at radius 1 is 1.10 bits per heavy atom. The van der Waals surface area contributed by atoms with Gasteiger partial charge < -0.3 is 14.8 Å². The fourth-order valence-corrected chi connectivity index (χ4v) is 3.48. The lowest BCUT2D eigenvalue weighted by atomic mass is 9.87. The van der Waals surface area contributed by atoms with Crippen molar-refractivity contribution in [3.63, 3.8) is 0 Å². The molecule has 0 aromatic heterocycles. The summed E-state index contributed by atoms with van der Waals surface area (Å²) in [4.78, 5) is 14.9. The van der Waals surface area contributed by atoms with Crippen molar-refractivity contribution < 1.29 is 14.3 Å². The quantitative estimate of drug-likeness (QED) is 0.752. The highest BCUT2D eigenvalue weighted by Gasteiger charge is 2.17. The molecule has 1 atom stereocenters. The number of rotatable bonds is 7. The van der Waals surface area contributed by atoms with Crippen molar-refractivity contribution in [3.8, 4) is 5.75 Å². The van der Waals surface area contributed by atoms with Gasteiger partial charge in [0.2, 0.25) is 0 Å². The predicted octanol–water partition coefficient (Wildman–Crippen LogP) is 3.90. The van der Waals surface area contributed by atoms with Crippen LogP contribution >= 0.6 is 0 Å². The zero-order valence-electron chi connectivity index (χ0n) is 18.6. The zero-order valence-corrected chi connectivity index (χ0v) is 18.6. The number of hydrogen-bond acceptors (Lipinski definition) is 4. The highest BCUT2D eigenvalue weighted by atomic mass is 16.5. The number of amides is 1. The Hall–Kier alpha value is -2.37. The van der Waals surface area contributed by atoms with Crippen molar-refractivity contribution >= 4 is 5.91 Å². The molecule has 5 nitrogen and oxygen atoms in total. The van der Waals surface area contributed by atoms with Crippen LogP contribution in [0.1, 0.15) is 44.4 Å². The highest BCUT2D eigenvalue weighted by Crippen LogP contribution is 2.24. The molecule has 0 bridgehead atoms. The third kappa shape index (κ3) is 6.57. The summed E-state index contributed by atoms with van der Waals surface area (Å²) in [5, 5.41) is 2.99. The molecule has 1 aliphatic heterocycles. The molecule has 162 valence electrons. The van der Waals surface area contributed by atoms with Gasteiger partial charge in [-0.3, -0.25) is 9.69 Å². The first-order valence-corrected chi connectivity index (χ1v) is 10.7. The van der Waals surface area contributed by atoms with Gasteiger partial charge in [0.25, 0.3) is 5.91 Å². The summed E-state index contributed by atoms with van der Waals surface area (Å²) in [6.45, 7) is 13.2. The lowest BCUT2D eigenvalue weighted by Crippen LogP contribution is -2.36. The topological polar surface area (TPSA) is 50.8 Å². The van der Waals surface area contributed by atoms with Crippen LogP contribution in [0.2, 0.25) is 0 Å². The second kappa shape index (κ2) is 10.1. The summed E-state index contributed by atoms with van der Waals surface area (Å²) >= 11 is 0. The van der Waals surface area contributed by atoms with Gasteiger partial charge in [-0.2, -0.15) is 0 Å². The van der Waals surface area contributed by atoms with Crippen LogP contribution in [0.5, 0.6) is 5.75 Å². The van der Waals surface area contributed by atoms with Gasteiger partial charge in [0.15, 0.2) is 6.10 Å². The van der Waals surface area contributed by atoms with E-state index in [4.69, 9.17) is 9.47 Å². The molecule has 0 spiro atoms. The number of morpholine rings is 1. The molecular formula is C25H34N2O3. The maximum Gasteiger partial charge on any atom is 0.261 e. The molecule has 1 saturated heterocycles. The second-order valence-electron chi connectivity index (χ2n) is 8.96. The van der Waals surface area contributed by atoms with Crippen LogP contribution in [0, 0.1) is 0 Å². The van der Waals surface area contributed by atoms with Crippen molar-refractivity contribution in [2.75, 3.05) is 26.3 Å². The van der Waals surface area contributed by atoms with E-state index in [-0.39, 0.29) is 11.3 Å². The smallest absolute Gasteiger partial charge is 0.261 e. The predicted molar refractivity (Wildman–Crippen MR) is 120 cm³/mol. The first-order valence-electron chi connectivity index (χ1n) is 10.7. The van der Waals surface area contributed by atoms with E-state index in [0.717, 1.165) is 38.4 Å². The minimum atomic E-state index is -0.554. The average Bonchev–Trinajstić information content (AvgIpc) is 2.73. The Kier molecular flexibility index (Phi) is 7.51. The van der Waals surface area contributed by atoms with Crippen molar-refractivity contribution in [2.24, 2.45) is 0 Å². The highest BCUT2D eigenvalue weighted by molar-refractivity contribution is 5.80. The summed E-state index contributed by atoms with van der Waals surface area (Å²) in [6.07, 6.45) is -0.554. The largest absolute Gasteiger partial charge is 0.481 e. The minimum Gasteiger partial charge on any atom is -0.481 e. The Labute approximate surface area is 180 Å². The van der Waals surface area contributed by atoms with Gasteiger partial charge in [0, 0.05) is 26.2 Å². The third-order valence-corrected chi connectivity index (χ3v) is 5.37. The van der Waals surface area contributed by atoms with Gasteiger partial charge in [-0.1, -0.05) is 57.2 Å². The van der Waals surface area contributed by atoms with E-state index in [9.17, 15) is 4.79 Å². The standard InChI is InChI=1S/C25H34N2O3/c1-19(30-23-10-8-22(9-11-23)25(2,3)4)24(28)26-17-20-6-5-7-21(16-20)18-27-12-14-29-15-13-27/h5-11,16,19H,12-15,17-18H2,1-4H3,(H,26,28). The second-order valence-corrected chi connectivity index (χ2v) is 8.96. The van der Waals surface area contributed by atoms with Crippen LogP contribution in [0.25, 0.3) is 0 Å². The van der Waals surface area contributed by atoms with Gasteiger partial charge >= 0.3 is 0 Å². The summed E-state index contributed by atoms with van der Waals surface area (Å²) < 4.78 is 11.2. The van der Waals surface area contributed by atoms with Crippen LogP contribution in [-0.4, -0.2) is 43.2 Å². The summed E-state index contributed by atoms with van der Waals surface area (Å²) in [7, 11) is 0. The minimum absolute atomic E-state index is 0.0951. The van der Waals surface area contributed by atoms with E-state index in [1.807, 2.05) is 24.3 Å². The van der Waals surface area contributed by atoms with Crippen LogP contribution in [0.3, 0.4) is 0 Å². The molecule has 1 N–H and O–H groups in total. The lowest BCUT2D eigenvalue weighted by molar-refractivity contribution is -0.127. The molecular weight excluding hydrogens is 376 g/mol. The fourth-order valence-electron chi connectivity index (χ4n) is 3.48. The molecule has 0 aliphatic carbocycles. The van der Waals surface area contributed by atoms with E-state index < -0.39 is 6.10 Å². The van der Waals surface area contributed by atoms with Gasteiger partial charge in [0.1, 0.15) is 5.75 Å². The van der Waals surface area contributed by atoms with Crippen LogP contribution in [-0.2, 0) is 28.0 Å². The van der Waals surface area contributed by atoms with E-state index in [2.05, 4.69) is 55.3 Å². The Morgan fingerprint density at radius 2 is 1.77 bits per heavy atom. The number of carbonyl (C=O) groups excluding carboxylic acids is 1. The van der Waals surface area contributed by atoms with Gasteiger partial charge in [0.05, 0.1) is 13.2 Å². The molecule has 0 saturated carbocycles. The van der Waals surface area contributed by atoms with Crippen molar-refractivity contribution in [1.29, 1.82) is 0 Å². The maximum absolute atomic E-state index is 12.5. The number of nitrogens with zero attached hydrogens (tertiary/aromatic N) is 1. The Balaban J connectivity index is 1.49. The molecule has 1 amide bonds. The zero-order chi connectivity index (χ0) is 21.6. The molecule has 2 aromatic rings. The summed E-state index contributed by atoms with van der Waals surface area (Å²) in [6, 6.07) is 16.4. The monoisotopic (exact) mass is 410 g/mol. The number of carbonyl (C=O) groups is 1. The van der Waals surface area contributed by atoms with E-state index in [1.165, 1.54) is 11.1 Å². The average molecular weight is 411 g/mol. The van der Waals surface area contributed by atoms with E-state index in [1.54, 1.807) is 6.92 Å². The Morgan fingerprint density at radius 3 is 2.43 bits per heavy atom. The van der Waals surface area contributed by atoms with Crippen molar-refractivity contribution in [3.05, 3.63) is 65.2 Å². The fraction of sp³-hybridized carbons (Fsp3) is 0.480. The van der Waals surface area contributed by atoms with Crippen LogP contribution in [0.4, 0.5) is 0 Å². The lowest BCUT2D eigenvalue weighted by Gasteiger charge is -2.26. The summed E-state index contributed by atoms with van der Waals surface area (Å²) in [5.41, 5.74) is 3.68. The number of hydrogen-bond donors (Lipinski definition) is 1. The molecule has 1 heterocycles. The summed E-state index contributed by atoms with van der Waals surface area (Å²) in [5.74, 6) is 0.589. The van der Waals surface area contributed by atoms with E-state index in [0.29, 0.717) is 12.3 Å². The number of nitrogens with one attached hydrogen (secondary N) is 1. The SMILES string of the molecule is CC(Oc1ccc(C(C)(C)C)cc1)C(=O)NCc1cccc(CN2CCOCC2)c1.